The van der Waals surface area contributed by atoms with Crippen molar-refractivity contribution in [2.45, 2.75) is 6.54 Å². The third-order valence-corrected chi connectivity index (χ3v) is 5.90. The number of halogens is 1. The zero-order chi connectivity index (χ0) is 21.0. The van der Waals surface area contributed by atoms with Crippen molar-refractivity contribution in [1.29, 1.82) is 0 Å². The SMILES string of the molecule is COc1ccc(N(CC(=O)NCc2cccc3ccccc23)S(C)(=O)=O)cc1Cl. The number of rotatable bonds is 7. The summed E-state index contributed by atoms with van der Waals surface area (Å²) >= 11 is 6.11. The Morgan fingerprint density at radius 2 is 1.83 bits per heavy atom. The monoisotopic (exact) mass is 432 g/mol. The van der Waals surface area contributed by atoms with Crippen LogP contribution in [0.4, 0.5) is 5.69 Å². The molecule has 3 rings (SSSR count). The average molecular weight is 433 g/mol. The zero-order valence-corrected chi connectivity index (χ0v) is 17.6. The first kappa shape index (κ1) is 21.0. The van der Waals surface area contributed by atoms with Crippen molar-refractivity contribution in [3.05, 3.63) is 71.2 Å². The summed E-state index contributed by atoms with van der Waals surface area (Å²) in [6.45, 7) is -0.0621. The number of fused-ring (bicyclic) bond motifs is 1. The third-order valence-electron chi connectivity index (χ3n) is 4.47. The maximum absolute atomic E-state index is 12.5. The molecule has 0 aliphatic heterocycles. The van der Waals surface area contributed by atoms with Gasteiger partial charge in [0.2, 0.25) is 15.9 Å². The Morgan fingerprint density at radius 3 is 2.52 bits per heavy atom. The normalized spacial score (nSPS) is 11.3. The van der Waals surface area contributed by atoms with Gasteiger partial charge in [-0.3, -0.25) is 9.10 Å². The molecule has 6 nitrogen and oxygen atoms in total. The highest BCUT2D eigenvalue weighted by Gasteiger charge is 2.22. The highest BCUT2D eigenvalue weighted by molar-refractivity contribution is 7.92. The molecule has 0 fully saturated rings. The molecule has 0 spiro atoms. The molecule has 152 valence electrons. The molecule has 3 aromatic carbocycles. The minimum Gasteiger partial charge on any atom is -0.495 e. The molecule has 3 aromatic rings. The number of sulfonamides is 1. The minimum absolute atomic E-state index is 0.259. The van der Waals surface area contributed by atoms with Crippen LogP contribution >= 0.6 is 11.6 Å². The van der Waals surface area contributed by atoms with E-state index in [4.69, 9.17) is 16.3 Å². The fourth-order valence-electron chi connectivity index (χ4n) is 3.04. The number of nitrogens with zero attached hydrogens (tertiary/aromatic N) is 1. The summed E-state index contributed by atoms with van der Waals surface area (Å²) in [7, 11) is -2.23. The van der Waals surface area contributed by atoms with E-state index in [-0.39, 0.29) is 11.6 Å². The van der Waals surface area contributed by atoms with E-state index in [0.29, 0.717) is 18.0 Å². The van der Waals surface area contributed by atoms with Crippen molar-refractivity contribution in [1.82, 2.24) is 5.32 Å². The maximum atomic E-state index is 12.5. The van der Waals surface area contributed by atoms with Crippen LogP contribution in [0, 0.1) is 0 Å². The lowest BCUT2D eigenvalue weighted by Crippen LogP contribution is -2.40. The summed E-state index contributed by atoms with van der Waals surface area (Å²) in [6, 6.07) is 18.3. The Labute approximate surface area is 175 Å². The molecular formula is C21H21ClN2O4S. The summed E-state index contributed by atoms with van der Waals surface area (Å²) in [6.07, 6.45) is 1.04. The van der Waals surface area contributed by atoms with Crippen LogP contribution in [0.5, 0.6) is 5.75 Å². The van der Waals surface area contributed by atoms with Crippen LogP contribution in [0.2, 0.25) is 5.02 Å². The number of amides is 1. The summed E-state index contributed by atoms with van der Waals surface area (Å²) in [5.41, 5.74) is 1.24. The molecule has 0 saturated heterocycles. The molecule has 0 unspecified atom stereocenters. The van der Waals surface area contributed by atoms with E-state index in [9.17, 15) is 13.2 Å². The van der Waals surface area contributed by atoms with Crippen molar-refractivity contribution in [3.8, 4) is 5.75 Å². The predicted molar refractivity (Wildman–Crippen MR) is 116 cm³/mol. The van der Waals surface area contributed by atoms with Crippen molar-refractivity contribution in [2.24, 2.45) is 0 Å². The van der Waals surface area contributed by atoms with Gasteiger partial charge in [-0.15, -0.1) is 0 Å². The maximum Gasteiger partial charge on any atom is 0.241 e. The molecule has 0 radical (unpaired) electrons. The number of carbonyl (C=O) groups excluding carboxylic acids is 1. The molecule has 0 saturated carbocycles. The molecule has 0 heterocycles. The topological polar surface area (TPSA) is 75.7 Å². The highest BCUT2D eigenvalue weighted by atomic mass is 35.5. The summed E-state index contributed by atoms with van der Waals surface area (Å²) in [4.78, 5) is 12.5. The van der Waals surface area contributed by atoms with Gasteiger partial charge in [0, 0.05) is 6.54 Å². The number of anilines is 1. The number of ether oxygens (including phenoxy) is 1. The van der Waals surface area contributed by atoms with E-state index in [1.807, 2.05) is 42.5 Å². The van der Waals surface area contributed by atoms with Crippen molar-refractivity contribution in [2.75, 3.05) is 24.2 Å². The van der Waals surface area contributed by atoms with Gasteiger partial charge in [-0.25, -0.2) is 8.42 Å². The minimum atomic E-state index is -3.69. The van der Waals surface area contributed by atoms with Crippen LogP contribution in [-0.4, -0.2) is 34.2 Å². The van der Waals surface area contributed by atoms with Crippen LogP contribution in [0.1, 0.15) is 5.56 Å². The van der Waals surface area contributed by atoms with Crippen molar-refractivity contribution < 1.29 is 17.9 Å². The number of carbonyl (C=O) groups is 1. The molecule has 0 aliphatic rings. The lowest BCUT2D eigenvalue weighted by molar-refractivity contribution is -0.119. The van der Waals surface area contributed by atoms with E-state index in [2.05, 4.69) is 5.32 Å². The molecule has 8 heteroatoms. The number of hydrogen-bond acceptors (Lipinski definition) is 4. The first-order valence-corrected chi connectivity index (χ1v) is 11.1. The summed E-state index contributed by atoms with van der Waals surface area (Å²) in [5, 5.41) is 5.17. The Bertz CT molecular complexity index is 1140. The van der Waals surface area contributed by atoms with E-state index in [0.717, 1.165) is 26.9 Å². The second kappa shape index (κ2) is 8.71. The van der Waals surface area contributed by atoms with Crippen LogP contribution in [0.3, 0.4) is 0 Å². The van der Waals surface area contributed by atoms with Gasteiger partial charge in [0.05, 0.1) is 24.1 Å². The van der Waals surface area contributed by atoms with Gasteiger partial charge in [0.1, 0.15) is 12.3 Å². The van der Waals surface area contributed by atoms with Crippen molar-refractivity contribution >= 4 is 44.0 Å². The molecular weight excluding hydrogens is 412 g/mol. The number of hydrogen-bond donors (Lipinski definition) is 1. The second-order valence-electron chi connectivity index (χ2n) is 6.50. The highest BCUT2D eigenvalue weighted by Crippen LogP contribution is 2.30. The van der Waals surface area contributed by atoms with E-state index in [1.165, 1.54) is 13.2 Å². The zero-order valence-electron chi connectivity index (χ0n) is 16.1. The first-order chi connectivity index (χ1) is 13.8. The summed E-state index contributed by atoms with van der Waals surface area (Å²) < 4.78 is 30.6. The molecule has 0 atom stereocenters. The lowest BCUT2D eigenvalue weighted by atomic mass is 10.0. The van der Waals surface area contributed by atoms with E-state index < -0.39 is 15.9 Å². The molecule has 0 aromatic heterocycles. The molecule has 1 amide bonds. The quantitative estimate of drug-likeness (QED) is 0.619. The lowest BCUT2D eigenvalue weighted by Gasteiger charge is -2.22. The molecule has 29 heavy (non-hydrogen) atoms. The summed E-state index contributed by atoms with van der Waals surface area (Å²) in [5.74, 6) is -0.000394. The smallest absolute Gasteiger partial charge is 0.241 e. The number of nitrogens with one attached hydrogen (secondary N) is 1. The Morgan fingerprint density at radius 1 is 1.10 bits per heavy atom. The standard InChI is InChI=1S/C21H21ClN2O4S/c1-28-20-11-10-17(12-19(20)22)24(29(2,26)27)14-21(25)23-13-16-8-5-7-15-6-3-4-9-18(15)16/h3-12H,13-14H2,1-2H3,(H,23,25). The Hall–Kier alpha value is -2.77. The van der Waals surface area contributed by atoms with E-state index >= 15 is 0 Å². The Kier molecular flexibility index (Phi) is 6.30. The third kappa shape index (κ3) is 4.99. The van der Waals surface area contributed by atoms with Crippen LogP contribution in [0.15, 0.2) is 60.7 Å². The van der Waals surface area contributed by atoms with Gasteiger partial charge in [-0.05, 0) is 34.5 Å². The predicted octanol–water partition coefficient (Wildman–Crippen LogP) is 3.58. The fraction of sp³-hybridized carbons (Fsp3) is 0.190. The van der Waals surface area contributed by atoms with E-state index in [1.54, 1.807) is 12.1 Å². The largest absolute Gasteiger partial charge is 0.495 e. The van der Waals surface area contributed by atoms with Crippen LogP contribution < -0.4 is 14.4 Å². The average Bonchev–Trinajstić information content (AvgIpc) is 2.69. The van der Waals surface area contributed by atoms with Gasteiger partial charge in [-0.2, -0.15) is 0 Å². The molecule has 0 bridgehead atoms. The van der Waals surface area contributed by atoms with Gasteiger partial charge in [0.25, 0.3) is 0 Å². The van der Waals surface area contributed by atoms with Gasteiger partial charge < -0.3 is 10.1 Å². The number of methoxy groups -OCH3 is 1. The Balaban J connectivity index is 1.76. The van der Waals surface area contributed by atoms with Gasteiger partial charge >= 0.3 is 0 Å². The number of benzene rings is 3. The fourth-order valence-corrected chi connectivity index (χ4v) is 4.14. The van der Waals surface area contributed by atoms with Crippen molar-refractivity contribution in [3.63, 3.8) is 0 Å². The first-order valence-electron chi connectivity index (χ1n) is 8.84. The molecule has 0 aliphatic carbocycles. The van der Waals surface area contributed by atoms with Crippen LogP contribution in [-0.2, 0) is 21.4 Å². The molecule has 1 N–H and O–H groups in total. The van der Waals surface area contributed by atoms with Crippen LogP contribution in [0.25, 0.3) is 10.8 Å². The van der Waals surface area contributed by atoms with Gasteiger partial charge in [-0.1, -0.05) is 54.1 Å². The van der Waals surface area contributed by atoms with Gasteiger partial charge in [0.15, 0.2) is 0 Å². The second-order valence-corrected chi connectivity index (χ2v) is 8.82.